The zero-order valence-corrected chi connectivity index (χ0v) is 16.9. The van der Waals surface area contributed by atoms with Gasteiger partial charge in [-0.1, -0.05) is 18.2 Å². The van der Waals surface area contributed by atoms with E-state index < -0.39 is 5.41 Å². The third-order valence-corrected chi connectivity index (χ3v) is 4.10. The Morgan fingerprint density at radius 2 is 1.93 bits per heavy atom. The lowest BCUT2D eigenvalue weighted by molar-refractivity contribution is -0.157. The molecule has 1 amide bonds. The number of carbonyl (C=O) groups is 2. The predicted octanol–water partition coefficient (Wildman–Crippen LogP) is 3.57. The molecule has 29 heavy (non-hydrogen) atoms. The van der Waals surface area contributed by atoms with Gasteiger partial charge in [0.1, 0.15) is 5.76 Å². The van der Waals surface area contributed by atoms with Gasteiger partial charge >= 0.3 is 5.97 Å². The maximum absolute atomic E-state index is 12.4. The second-order valence-electron chi connectivity index (χ2n) is 7.69. The standard InChI is InChI=1S/C21H24N4O4/c1-14-17(24-19(29-14)15-8-6-5-7-9-15)10-18(26)23-16-11-22-25(12-16)13-28-20(27)21(2,3)4/h5-9,11-12H,10,13H2,1-4H3,(H,23,26). The Morgan fingerprint density at radius 1 is 1.21 bits per heavy atom. The predicted molar refractivity (Wildman–Crippen MR) is 107 cm³/mol. The van der Waals surface area contributed by atoms with Crippen LogP contribution in [-0.2, 0) is 27.5 Å². The van der Waals surface area contributed by atoms with E-state index in [0.29, 0.717) is 23.0 Å². The number of aryl methyl sites for hydroxylation is 1. The highest BCUT2D eigenvalue weighted by Crippen LogP contribution is 2.22. The molecule has 0 aliphatic heterocycles. The smallest absolute Gasteiger partial charge is 0.313 e. The largest absolute Gasteiger partial charge is 0.442 e. The monoisotopic (exact) mass is 396 g/mol. The van der Waals surface area contributed by atoms with Crippen LogP contribution in [0.3, 0.4) is 0 Å². The number of hydrogen-bond donors (Lipinski definition) is 1. The zero-order valence-electron chi connectivity index (χ0n) is 16.9. The van der Waals surface area contributed by atoms with Crippen molar-refractivity contribution < 1.29 is 18.7 Å². The van der Waals surface area contributed by atoms with Gasteiger partial charge in [0.15, 0.2) is 6.73 Å². The zero-order chi connectivity index (χ0) is 21.0. The molecule has 152 valence electrons. The van der Waals surface area contributed by atoms with Crippen molar-refractivity contribution in [3.8, 4) is 11.5 Å². The molecule has 0 atom stereocenters. The summed E-state index contributed by atoms with van der Waals surface area (Å²) in [5.41, 5.74) is 1.35. The van der Waals surface area contributed by atoms with E-state index >= 15 is 0 Å². The highest BCUT2D eigenvalue weighted by molar-refractivity contribution is 5.91. The number of hydrogen-bond acceptors (Lipinski definition) is 6. The van der Waals surface area contributed by atoms with Crippen LogP contribution in [0.15, 0.2) is 47.1 Å². The molecule has 1 N–H and O–H groups in total. The Labute approximate surface area is 168 Å². The van der Waals surface area contributed by atoms with Crippen molar-refractivity contribution in [3.63, 3.8) is 0 Å². The molecular formula is C21H24N4O4. The number of benzene rings is 1. The molecule has 8 heteroatoms. The molecule has 0 bridgehead atoms. The number of nitrogens with one attached hydrogen (secondary N) is 1. The number of esters is 1. The summed E-state index contributed by atoms with van der Waals surface area (Å²) in [6, 6.07) is 9.51. The van der Waals surface area contributed by atoms with Crippen molar-refractivity contribution in [2.45, 2.75) is 40.8 Å². The van der Waals surface area contributed by atoms with Crippen LogP contribution < -0.4 is 5.32 Å². The lowest BCUT2D eigenvalue weighted by Crippen LogP contribution is -2.24. The topological polar surface area (TPSA) is 99.3 Å². The van der Waals surface area contributed by atoms with Crippen molar-refractivity contribution in [1.82, 2.24) is 14.8 Å². The van der Waals surface area contributed by atoms with Gasteiger partial charge in [-0.2, -0.15) is 5.10 Å². The number of carbonyl (C=O) groups excluding carboxylic acids is 2. The molecule has 0 aliphatic carbocycles. The SMILES string of the molecule is Cc1oc(-c2ccccc2)nc1CC(=O)Nc1cnn(COC(=O)C(C)(C)C)c1. The van der Waals surface area contributed by atoms with Gasteiger partial charge in [-0.25, -0.2) is 9.67 Å². The Morgan fingerprint density at radius 3 is 2.62 bits per heavy atom. The van der Waals surface area contributed by atoms with Crippen molar-refractivity contribution >= 4 is 17.6 Å². The lowest BCUT2D eigenvalue weighted by Gasteiger charge is -2.16. The summed E-state index contributed by atoms with van der Waals surface area (Å²) in [5, 5.41) is 6.84. The Kier molecular flexibility index (Phi) is 5.81. The van der Waals surface area contributed by atoms with E-state index in [2.05, 4.69) is 15.4 Å². The Bertz CT molecular complexity index is 999. The fraction of sp³-hybridized carbons (Fsp3) is 0.333. The van der Waals surface area contributed by atoms with Crippen LogP contribution in [0.2, 0.25) is 0 Å². The van der Waals surface area contributed by atoms with E-state index in [0.717, 1.165) is 5.56 Å². The van der Waals surface area contributed by atoms with Gasteiger partial charge in [-0.3, -0.25) is 9.59 Å². The molecule has 0 aliphatic rings. The average Bonchev–Trinajstić information content (AvgIpc) is 3.26. The summed E-state index contributed by atoms with van der Waals surface area (Å²) < 4.78 is 12.3. The normalized spacial score (nSPS) is 11.3. The van der Waals surface area contributed by atoms with E-state index in [-0.39, 0.29) is 25.0 Å². The quantitative estimate of drug-likeness (QED) is 0.640. The van der Waals surface area contributed by atoms with Crippen LogP contribution in [0.5, 0.6) is 0 Å². The van der Waals surface area contributed by atoms with E-state index in [4.69, 9.17) is 9.15 Å². The van der Waals surface area contributed by atoms with Gasteiger partial charge in [-0.05, 0) is 39.8 Å². The molecule has 8 nitrogen and oxygen atoms in total. The Balaban J connectivity index is 1.57. The minimum atomic E-state index is -0.585. The van der Waals surface area contributed by atoms with Gasteiger partial charge in [0.2, 0.25) is 11.8 Å². The summed E-state index contributed by atoms with van der Waals surface area (Å²) in [5.74, 6) is 0.518. The number of oxazole rings is 1. The number of amides is 1. The molecule has 1 aromatic carbocycles. The number of anilines is 1. The van der Waals surface area contributed by atoms with Crippen LogP contribution in [0.25, 0.3) is 11.5 Å². The van der Waals surface area contributed by atoms with Gasteiger partial charge in [0.05, 0.1) is 35.6 Å². The Hall–Kier alpha value is -3.42. The van der Waals surface area contributed by atoms with E-state index in [9.17, 15) is 9.59 Å². The second-order valence-corrected chi connectivity index (χ2v) is 7.69. The molecule has 0 unspecified atom stereocenters. The van der Waals surface area contributed by atoms with Gasteiger partial charge in [-0.15, -0.1) is 0 Å². The average molecular weight is 396 g/mol. The number of aromatic nitrogens is 3. The van der Waals surface area contributed by atoms with Gasteiger partial charge in [0, 0.05) is 5.56 Å². The summed E-state index contributed by atoms with van der Waals surface area (Å²) >= 11 is 0. The van der Waals surface area contributed by atoms with Crippen molar-refractivity contribution in [2.75, 3.05) is 5.32 Å². The van der Waals surface area contributed by atoms with Crippen LogP contribution in [-0.4, -0.2) is 26.6 Å². The first-order chi connectivity index (χ1) is 13.7. The molecule has 0 saturated carbocycles. The minimum absolute atomic E-state index is 0.0190. The highest BCUT2D eigenvalue weighted by Gasteiger charge is 2.23. The molecule has 2 heterocycles. The molecule has 0 radical (unpaired) electrons. The van der Waals surface area contributed by atoms with E-state index in [1.54, 1.807) is 33.9 Å². The molecule has 0 spiro atoms. The molecule has 3 aromatic rings. The summed E-state index contributed by atoms with van der Waals surface area (Å²) in [6.45, 7) is 7.09. The summed E-state index contributed by atoms with van der Waals surface area (Å²) in [7, 11) is 0. The third-order valence-electron chi connectivity index (χ3n) is 4.10. The van der Waals surface area contributed by atoms with Crippen molar-refractivity contribution in [2.24, 2.45) is 5.41 Å². The van der Waals surface area contributed by atoms with Crippen molar-refractivity contribution in [1.29, 1.82) is 0 Å². The van der Waals surface area contributed by atoms with Crippen LogP contribution in [0.1, 0.15) is 32.2 Å². The first-order valence-corrected chi connectivity index (χ1v) is 9.23. The maximum Gasteiger partial charge on any atom is 0.313 e. The van der Waals surface area contributed by atoms with Crippen LogP contribution in [0, 0.1) is 12.3 Å². The molecular weight excluding hydrogens is 372 g/mol. The first kappa shape index (κ1) is 20.3. The fourth-order valence-electron chi connectivity index (χ4n) is 2.49. The molecule has 0 fully saturated rings. The first-order valence-electron chi connectivity index (χ1n) is 9.23. The van der Waals surface area contributed by atoms with Crippen LogP contribution in [0.4, 0.5) is 5.69 Å². The minimum Gasteiger partial charge on any atom is -0.442 e. The number of nitrogens with zero attached hydrogens (tertiary/aromatic N) is 3. The van der Waals surface area contributed by atoms with Crippen molar-refractivity contribution in [3.05, 3.63) is 54.2 Å². The lowest BCUT2D eigenvalue weighted by atomic mass is 9.98. The molecule has 0 saturated heterocycles. The summed E-state index contributed by atoms with van der Waals surface area (Å²) in [4.78, 5) is 28.6. The maximum atomic E-state index is 12.4. The van der Waals surface area contributed by atoms with Gasteiger partial charge < -0.3 is 14.5 Å². The van der Waals surface area contributed by atoms with E-state index in [1.807, 2.05) is 30.3 Å². The van der Waals surface area contributed by atoms with Crippen LogP contribution >= 0.6 is 0 Å². The third kappa shape index (κ3) is 5.31. The summed E-state index contributed by atoms with van der Waals surface area (Å²) in [6.07, 6.45) is 3.17. The fourth-order valence-corrected chi connectivity index (χ4v) is 2.49. The second kappa shape index (κ2) is 8.30. The highest BCUT2D eigenvalue weighted by atomic mass is 16.5. The number of ether oxygens (including phenoxy) is 1. The van der Waals surface area contributed by atoms with E-state index in [1.165, 1.54) is 10.9 Å². The number of rotatable bonds is 6. The molecule has 3 rings (SSSR count). The van der Waals surface area contributed by atoms with Gasteiger partial charge in [0.25, 0.3) is 0 Å². The molecule has 2 aromatic heterocycles.